The van der Waals surface area contributed by atoms with Gasteiger partial charge in [-0.1, -0.05) is 19.8 Å². The van der Waals surface area contributed by atoms with E-state index >= 15 is 0 Å². The summed E-state index contributed by atoms with van der Waals surface area (Å²) < 4.78 is 0. The Morgan fingerprint density at radius 1 is 1.20 bits per heavy atom. The number of nitrogens with zero attached hydrogens (tertiary/aromatic N) is 1. The molecular formula is C12H27N3. The molecule has 0 rings (SSSR count). The summed E-state index contributed by atoms with van der Waals surface area (Å²) in [6, 6.07) is 0.605. The van der Waals surface area contributed by atoms with E-state index in [1.54, 1.807) is 0 Å². The molecule has 0 bridgehead atoms. The highest BCUT2D eigenvalue weighted by Gasteiger charge is 2.08. The number of nitrogens with two attached hydrogens (primary N) is 1. The summed E-state index contributed by atoms with van der Waals surface area (Å²) >= 11 is 0. The number of unbranched alkanes of at least 4 members (excludes halogenated alkanes) is 2. The lowest BCUT2D eigenvalue weighted by Gasteiger charge is -2.26. The van der Waals surface area contributed by atoms with Crippen molar-refractivity contribution in [1.29, 1.82) is 5.41 Å². The monoisotopic (exact) mass is 213 g/mol. The molecule has 0 aliphatic rings. The van der Waals surface area contributed by atoms with Gasteiger partial charge >= 0.3 is 0 Å². The van der Waals surface area contributed by atoms with E-state index in [0.717, 1.165) is 19.4 Å². The highest BCUT2D eigenvalue weighted by molar-refractivity contribution is 5.76. The van der Waals surface area contributed by atoms with Crippen LogP contribution in [0.3, 0.4) is 0 Å². The number of rotatable bonds is 9. The molecule has 0 saturated heterocycles. The SMILES string of the molecule is CCCCCN(CCCC(=N)N)C(C)C. The first-order chi connectivity index (χ1) is 7.07. The van der Waals surface area contributed by atoms with Crippen LogP contribution in [0.4, 0.5) is 0 Å². The summed E-state index contributed by atoms with van der Waals surface area (Å²) in [5.41, 5.74) is 5.34. The third kappa shape index (κ3) is 8.43. The second-order valence-electron chi connectivity index (χ2n) is 4.47. The Morgan fingerprint density at radius 3 is 2.27 bits per heavy atom. The van der Waals surface area contributed by atoms with Crippen LogP contribution >= 0.6 is 0 Å². The highest BCUT2D eigenvalue weighted by atomic mass is 15.1. The second kappa shape index (κ2) is 8.72. The molecule has 0 aromatic heterocycles. The molecule has 0 aromatic carbocycles. The molecule has 0 aliphatic carbocycles. The van der Waals surface area contributed by atoms with Crippen LogP contribution in [0.1, 0.15) is 52.9 Å². The topological polar surface area (TPSA) is 53.1 Å². The van der Waals surface area contributed by atoms with Gasteiger partial charge in [0.05, 0.1) is 5.84 Å². The fraction of sp³-hybridized carbons (Fsp3) is 0.917. The fourth-order valence-corrected chi connectivity index (χ4v) is 1.67. The average Bonchev–Trinajstić information content (AvgIpc) is 2.15. The van der Waals surface area contributed by atoms with Gasteiger partial charge in [-0.05, 0) is 39.8 Å². The highest BCUT2D eigenvalue weighted by Crippen LogP contribution is 2.05. The molecule has 0 radical (unpaired) electrons. The van der Waals surface area contributed by atoms with E-state index in [9.17, 15) is 0 Å². The van der Waals surface area contributed by atoms with Gasteiger partial charge in [0.15, 0.2) is 0 Å². The van der Waals surface area contributed by atoms with Crippen molar-refractivity contribution in [3.8, 4) is 0 Å². The van der Waals surface area contributed by atoms with Crippen LogP contribution in [-0.4, -0.2) is 29.9 Å². The molecule has 0 atom stereocenters. The fourth-order valence-electron chi connectivity index (χ4n) is 1.67. The summed E-state index contributed by atoms with van der Waals surface area (Å²) in [4.78, 5) is 2.48. The molecule has 0 aliphatic heterocycles. The van der Waals surface area contributed by atoms with Crippen molar-refractivity contribution in [2.45, 2.75) is 58.9 Å². The minimum Gasteiger partial charge on any atom is -0.388 e. The Hall–Kier alpha value is -0.570. The average molecular weight is 213 g/mol. The third-order valence-electron chi connectivity index (χ3n) is 2.67. The minimum atomic E-state index is 0.312. The van der Waals surface area contributed by atoms with Gasteiger partial charge in [0.2, 0.25) is 0 Å². The quantitative estimate of drug-likeness (QED) is 0.351. The maximum absolute atomic E-state index is 7.17. The van der Waals surface area contributed by atoms with Crippen molar-refractivity contribution in [3.63, 3.8) is 0 Å². The van der Waals surface area contributed by atoms with Crippen molar-refractivity contribution in [2.24, 2.45) is 5.73 Å². The van der Waals surface area contributed by atoms with E-state index in [1.165, 1.54) is 25.8 Å². The molecular weight excluding hydrogens is 186 g/mol. The van der Waals surface area contributed by atoms with Gasteiger partial charge in [-0.15, -0.1) is 0 Å². The van der Waals surface area contributed by atoms with E-state index in [0.29, 0.717) is 11.9 Å². The molecule has 0 fully saturated rings. The summed E-state index contributed by atoms with van der Waals surface area (Å²) in [6.45, 7) is 8.96. The van der Waals surface area contributed by atoms with Crippen molar-refractivity contribution < 1.29 is 0 Å². The zero-order chi connectivity index (χ0) is 11.7. The zero-order valence-corrected chi connectivity index (χ0v) is 10.6. The van der Waals surface area contributed by atoms with E-state index < -0.39 is 0 Å². The number of hydrogen-bond acceptors (Lipinski definition) is 2. The van der Waals surface area contributed by atoms with Gasteiger partial charge in [-0.25, -0.2) is 0 Å². The van der Waals surface area contributed by atoms with E-state index in [1.807, 2.05) is 0 Å². The summed E-state index contributed by atoms with van der Waals surface area (Å²) in [6.07, 6.45) is 5.63. The normalized spacial score (nSPS) is 11.3. The molecule has 0 saturated carbocycles. The van der Waals surface area contributed by atoms with Gasteiger partial charge in [-0.3, -0.25) is 5.41 Å². The zero-order valence-electron chi connectivity index (χ0n) is 10.6. The van der Waals surface area contributed by atoms with Gasteiger partial charge < -0.3 is 10.6 Å². The number of amidine groups is 1. The first-order valence-corrected chi connectivity index (χ1v) is 6.14. The largest absolute Gasteiger partial charge is 0.388 e. The van der Waals surface area contributed by atoms with Crippen molar-refractivity contribution in [1.82, 2.24) is 4.90 Å². The molecule has 0 heterocycles. The Balaban J connectivity index is 3.68. The van der Waals surface area contributed by atoms with Crippen molar-refractivity contribution in [2.75, 3.05) is 13.1 Å². The lowest BCUT2D eigenvalue weighted by Crippen LogP contribution is -2.33. The molecule has 90 valence electrons. The molecule has 3 N–H and O–H groups in total. The van der Waals surface area contributed by atoms with Gasteiger partial charge in [0.25, 0.3) is 0 Å². The Kier molecular flexibility index (Phi) is 8.38. The molecule has 3 heteroatoms. The number of hydrogen-bond donors (Lipinski definition) is 2. The first-order valence-electron chi connectivity index (χ1n) is 6.14. The predicted octanol–water partition coefficient (Wildman–Crippen LogP) is 2.60. The van der Waals surface area contributed by atoms with Crippen LogP contribution in [0, 0.1) is 5.41 Å². The molecule has 0 unspecified atom stereocenters. The van der Waals surface area contributed by atoms with E-state index in [4.69, 9.17) is 11.1 Å². The van der Waals surface area contributed by atoms with Crippen LogP contribution in [0.2, 0.25) is 0 Å². The van der Waals surface area contributed by atoms with Gasteiger partial charge in [0, 0.05) is 12.5 Å². The predicted molar refractivity (Wildman–Crippen MR) is 67.4 cm³/mol. The van der Waals surface area contributed by atoms with Crippen molar-refractivity contribution >= 4 is 5.84 Å². The minimum absolute atomic E-state index is 0.312. The maximum Gasteiger partial charge on any atom is 0.0905 e. The second-order valence-corrected chi connectivity index (χ2v) is 4.47. The van der Waals surface area contributed by atoms with Crippen LogP contribution < -0.4 is 5.73 Å². The molecule has 15 heavy (non-hydrogen) atoms. The van der Waals surface area contributed by atoms with Crippen LogP contribution in [-0.2, 0) is 0 Å². The molecule has 0 spiro atoms. The maximum atomic E-state index is 7.17. The van der Waals surface area contributed by atoms with Crippen LogP contribution in [0.25, 0.3) is 0 Å². The number of nitrogens with one attached hydrogen (secondary N) is 1. The Bertz CT molecular complexity index is 166. The summed E-state index contributed by atoms with van der Waals surface area (Å²) in [5, 5.41) is 7.17. The lowest BCUT2D eigenvalue weighted by molar-refractivity contribution is 0.216. The van der Waals surface area contributed by atoms with Crippen LogP contribution in [0.15, 0.2) is 0 Å². The molecule has 0 aromatic rings. The summed E-state index contributed by atoms with van der Waals surface area (Å²) in [7, 11) is 0. The Labute approximate surface area is 94.5 Å². The van der Waals surface area contributed by atoms with E-state index in [2.05, 4.69) is 25.7 Å². The first kappa shape index (κ1) is 14.4. The molecule has 0 amide bonds. The molecule has 3 nitrogen and oxygen atoms in total. The van der Waals surface area contributed by atoms with Crippen molar-refractivity contribution in [3.05, 3.63) is 0 Å². The van der Waals surface area contributed by atoms with Gasteiger partial charge in [0.1, 0.15) is 0 Å². The lowest BCUT2D eigenvalue weighted by atomic mass is 10.2. The van der Waals surface area contributed by atoms with E-state index in [-0.39, 0.29) is 0 Å². The Morgan fingerprint density at radius 2 is 1.80 bits per heavy atom. The van der Waals surface area contributed by atoms with Gasteiger partial charge in [-0.2, -0.15) is 0 Å². The summed E-state index contributed by atoms with van der Waals surface area (Å²) in [5.74, 6) is 0.312. The smallest absolute Gasteiger partial charge is 0.0905 e. The van der Waals surface area contributed by atoms with Crippen LogP contribution in [0.5, 0.6) is 0 Å². The third-order valence-corrected chi connectivity index (χ3v) is 2.67. The standard InChI is InChI=1S/C12H27N3/c1-4-5-6-9-15(11(2)3)10-7-8-12(13)14/h11H,4-10H2,1-3H3,(H3,13,14).